The molecule has 0 saturated carbocycles. The second kappa shape index (κ2) is 9.02. The van der Waals surface area contributed by atoms with Crippen LogP contribution in [0.2, 0.25) is 0 Å². The lowest BCUT2D eigenvalue weighted by atomic mass is 10.1. The molecule has 10 nitrogen and oxygen atoms in total. The van der Waals surface area contributed by atoms with E-state index in [9.17, 15) is 13.2 Å². The highest BCUT2D eigenvalue weighted by molar-refractivity contribution is 7.90. The number of anilines is 2. The summed E-state index contributed by atoms with van der Waals surface area (Å²) in [6.45, 7) is 4.07. The Labute approximate surface area is 175 Å². The molecule has 1 aromatic carbocycles. The SMILES string of the molecule is CC(C)NC(=O)O[C@H]1COC(c2cc(Nc3cccc(S(C)(=O)=O)c3CN)n[nH]2)C1. The number of aromatic nitrogens is 2. The molecule has 2 aromatic rings. The van der Waals surface area contributed by atoms with Crippen molar-refractivity contribution in [2.24, 2.45) is 5.73 Å². The van der Waals surface area contributed by atoms with Crippen molar-refractivity contribution in [1.82, 2.24) is 15.5 Å². The summed E-state index contributed by atoms with van der Waals surface area (Å²) in [6.07, 6.45) is 0.552. The highest BCUT2D eigenvalue weighted by Crippen LogP contribution is 2.32. The third-order valence-electron chi connectivity index (χ3n) is 4.58. The lowest BCUT2D eigenvalue weighted by Crippen LogP contribution is -2.33. The minimum Gasteiger partial charge on any atom is -0.444 e. The van der Waals surface area contributed by atoms with Crippen LogP contribution in [0.3, 0.4) is 0 Å². The summed E-state index contributed by atoms with van der Waals surface area (Å²) >= 11 is 0. The lowest BCUT2D eigenvalue weighted by Gasteiger charge is -2.13. The van der Waals surface area contributed by atoms with Crippen LogP contribution in [0.15, 0.2) is 29.2 Å². The van der Waals surface area contributed by atoms with Gasteiger partial charge in [-0.05, 0) is 26.0 Å². The maximum Gasteiger partial charge on any atom is 0.407 e. The Morgan fingerprint density at radius 3 is 2.87 bits per heavy atom. The van der Waals surface area contributed by atoms with Crippen molar-refractivity contribution in [3.63, 3.8) is 0 Å². The van der Waals surface area contributed by atoms with Crippen LogP contribution < -0.4 is 16.4 Å². The zero-order valence-corrected chi connectivity index (χ0v) is 18.0. The third kappa shape index (κ3) is 5.29. The molecule has 3 rings (SSSR count). The average Bonchev–Trinajstić information content (AvgIpc) is 3.29. The van der Waals surface area contributed by atoms with Gasteiger partial charge in [0.15, 0.2) is 15.7 Å². The van der Waals surface area contributed by atoms with Crippen molar-refractivity contribution in [1.29, 1.82) is 0 Å². The van der Waals surface area contributed by atoms with Gasteiger partial charge in [-0.15, -0.1) is 0 Å². The van der Waals surface area contributed by atoms with Crippen LogP contribution in [0, 0.1) is 0 Å². The van der Waals surface area contributed by atoms with Crippen LogP contribution in [0.4, 0.5) is 16.3 Å². The number of hydrogen-bond acceptors (Lipinski definition) is 8. The number of carbonyl (C=O) groups excluding carboxylic acids is 1. The number of carbonyl (C=O) groups is 1. The largest absolute Gasteiger partial charge is 0.444 e. The first-order valence-electron chi connectivity index (χ1n) is 9.60. The van der Waals surface area contributed by atoms with E-state index in [1.165, 1.54) is 6.07 Å². The van der Waals surface area contributed by atoms with Gasteiger partial charge in [0.2, 0.25) is 0 Å². The monoisotopic (exact) mass is 437 g/mol. The number of ether oxygens (including phenoxy) is 2. The molecule has 5 N–H and O–H groups in total. The van der Waals surface area contributed by atoms with Gasteiger partial charge in [0.1, 0.15) is 12.2 Å². The summed E-state index contributed by atoms with van der Waals surface area (Å²) in [5.41, 5.74) is 7.57. The quantitative estimate of drug-likeness (QED) is 0.514. The number of nitrogens with zero attached hydrogens (tertiary/aromatic N) is 1. The lowest BCUT2D eigenvalue weighted by molar-refractivity contribution is 0.0682. The molecule has 1 aromatic heterocycles. The van der Waals surface area contributed by atoms with Crippen molar-refractivity contribution >= 4 is 27.4 Å². The van der Waals surface area contributed by atoms with Crippen LogP contribution in [-0.2, 0) is 25.9 Å². The molecule has 1 aliphatic heterocycles. The second-order valence-corrected chi connectivity index (χ2v) is 9.46. The van der Waals surface area contributed by atoms with E-state index < -0.39 is 15.9 Å². The van der Waals surface area contributed by atoms with E-state index in [0.717, 1.165) is 11.9 Å². The Balaban J connectivity index is 1.68. The number of sulfone groups is 1. The fraction of sp³-hybridized carbons (Fsp3) is 0.474. The number of rotatable bonds is 7. The smallest absolute Gasteiger partial charge is 0.407 e. The Morgan fingerprint density at radius 2 is 2.20 bits per heavy atom. The number of nitrogens with one attached hydrogen (secondary N) is 3. The topological polar surface area (TPSA) is 148 Å². The van der Waals surface area contributed by atoms with Gasteiger partial charge in [0, 0.05) is 42.6 Å². The summed E-state index contributed by atoms with van der Waals surface area (Å²) in [5.74, 6) is 0.496. The van der Waals surface area contributed by atoms with Gasteiger partial charge in [0.25, 0.3) is 0 Å². The highest BCUT2D eigenvalue weighted by atomic mass is 32.2. The maximum absolute atomic E-state index is 12.0. The number of H-pyrrole nitrogens is 1. The van der Waals surface area contributed by atoms with E-state index in [2.05, 4.69) is 20.8 Å². The molecule has 1 unspecified atom stereocenters. The molecule has 1 aliphatic rings. The second-order valence-electron chi connectivity index (χ2n) is 7.48. The Morgan fingerprint density at radius 1 is 1.43 bits per heavy atom. The maximum atomic E-state index is 12.0. The van der Waals surface area contributed by atoms with E-state index >= 15 is 0 Å². The predicted octanol–water partition coefficient (Wildman–Crippen LogP) is 1.98. The molecule has 164 valence electrons. The molecular weight excluding hydrogens is 410 g/mol. The zero-order valence-electron chi connectivity index (χ0n) is 17.1. The number of aromatic amines is 1. The van der Waals surface area contributed by atoms with Crippen molar-refractivity contribution in [3.8, 4) is 0 Å². The fourth-order valence-corrected chi connectivity index (χ4v) is 4.23. The molecule has 2 atom stereocenters. The number of benzene rings is 1. The molecule has 0 aliphatic carbocycles. The van der Waals surface area contributed by atoms with E-state index in [4.69, 9.17) is 15.2 Å². The van der Waals surface area contributed by atoms with Crippen LogP contribution in [0.1, 0.15) is 37.6 Å². The highest BCUT2D eigenvalue weighted by Gasteiger charge is 2.31. The number of amides is 1. The molecule has 11 heteroatoms. The van der Waals surface area contributed by atoms with Crippen LogP contribution in [-0.4, -0.2) is 49.7 Å². The molecule has 30 heavy (non-hydrogen) atoms. The van der Waals surface area contributed by atoms with Crippen LogP contribution in [0.5, 0.6) is 0 Å². The van der Waals surface area contributed by atoms with E-state index in [1.54, 1.807) is 18.2 Å². The first-order chi connectivity index (χ1) is 14.2. The van der Waals surface area contributed by atoms with Gasteiger partial charge in [0.05, 0.1) is 17.2 Å². The molecule has 0 spiro atoms. The van der Waals surface area contributed by atoms with Gasteiger partial charge in [-0.2, -0.15) is 5.10 Å². The predicted molar refractivity (Wildman–Crippen MR) is 111 cm³/mol. The summed E-state index contributed by atoms with van der Waals surface area (Å²) < 4.78 is 35.1. The van der Waals surface area contributed by atoms with Crippen LogP contribution >= 0.6 is 0 Å². The Hall–Kier alpha value is -2.63. The first kappa shape index (κ1) is 22.1. The zero-order chi connectivity index (χ0) is 21.9. The summed E-state index contributed by atoms with van der Waals surface area (Å²) in [7, 11) is -3.41. The Kier molecular flexibility index (Phi) is 6.64. The summed E-state index contributed by atoms with van der Waals surface area (Å²) in [6, 6.07) is 6.69. The van der Waals surface area contributed by atoms with Gasteiger partial charge in [-0.1, -0.05) is 6.07 Å². The normalized spacial score (nSPS) is 19.1. The molecule has 1 saturated heterocycles. The minimum atomic E-state index is -3.41. The minimum absolute atomic E-state index is 0.00327. The summed E-state index contributed by atoms with van der Waals surface area (Å²) in [4.78, 5) is 11.9. The molecule has 2 heterocycles. The third-order valence-corrected chi connectivity index (χ3v) is 5.77. The van der Waals surface area contributed by atoms with Gasteiger partial charge < -0.3 is 25.8 Å². The van der Waals surface area contributed by atoms with Crippen molar-refractivity contribution in [2.75, 3.05) is 18.2 Å². The number of hydrogen-bond donors (Lipinski definition) is 4. The molecule has 0 radical (unpaired) electrons. The van der Waals surface area contributed by atoms with E-state index in [0.29, 0.717) is 30.1 Å². The standard InChI is InChI=1S/C19H27N5O5S/c1-11(2)21-19(25)29-12-7-16(28-10-12)15-8-18(24-23-15)22-14-5-4-6-17(13(14)9-20)30(3,26)27/h4-6,8,11-12,16H,7,9-10,20H2,1-3H3,(H,21,25)(H2,22,23,24)/t12-,16?/m1/s1. The number of alkyl carbamates (subject to hydrolysis) is 1. The molecule has 1 amide bonds. The van der Waals surface area contributed by atoms with Crippen molar-refractivity contribution < 1.29 is 22.7 Å². The van der Waals surface area contributed by atoms with Gasteiger partial charge >= 0.3 is 6.09 Å². The van der Waals surface area contributed by atoms with Crippen molar-refractivity contribution in [3.05, 3.63) is 35.5 Å². The van der Waals surface area contributed by atoms with Gasteiger partial charge in [-0.25, -0.2) is 13.2 Å². The first-order valence-corrected chi connectivity index (χ1v) is 11.5. The van der Waals surface area contributed by atoms with Crippen LogP contribution in [0.25, 0.3) is 0 Å². The average molecular weight is 438 g/mol. The molecule has 0 bridgehead atoms. The van der Waals surface area contributed by atoms with Gasteiger partial charge in [-0.3, -0.25) is 5.10 Å². The Bertz CT molecular complexity index is 1000. The molecular formula is C19H27N5O5S. The van der Waals surface area contributed by atoms with Crippen molar-refractivity contribution in [2.45, 2.75) is 50.0 Å². The summed E-state index contributed by atoms with van der Waals surface area (Å²) in [5, 5.41) is 12.9. The fourth-order valence-electron chi connectivity index (χ4n) is 3.26. The molecule has 1 fully saturated rings. The number of nitrogens with two attached hydrogens (primary N) is 1. The van der Waals surface area contributed by atoms with E-state index in [-0.39, 0.29) is 29.7 Å². The van der Waals surface area contributed by atoms with E-state index in [1.807, 2.05) is 13.8 Å².